The normalized spacial score (nSPS) is 11.3. The molecule has 0 heterocycles. The molecule has 0 fully saturated rings. The average molecular weight is 583 g/mol. The van der Waals surface area contributed by atoms with Gasteiger partial charge in [-0.3, -0.25) is 0 Å². The second-order valence-electron chi connectivity index (χ2n) is 9.43. The van der Waals surface area contributed by atoms with E-state index in [1.807, 2.05) is 0 Å². The lowest BCUT2D eigenvalue weighted by atomic mass is 9.97. The van der Waals surface area contributed by atoms with E-state index in [0.29, 0.717) is 12.1 Å². The zero-order valence-corrected chi connectivity index (χ0v) is 24.8. The van der Waals surface area contributed by atoms with Gasteiger partial charge in [-0.1, -0.05) is 94.6 Å². The molecule has 0 saturated carbocycles. The summed E-state index contributed by atoms with van der Waals surface area (Å²) in [5.41, 5.74) is 4.64. The van der Waals surface area contributed by atoms with Crippen LogP contribution in [0.15, 0.2) is 111 Å². The van der Waals surface area contributed by atoms with E-state index >= 15 is 0 Å². The third-order valence-electron chi connectivity index (χ3n) is 6.21. The Labute approximate surface area is 240 Å². The van der Waals surface area contributed by atoms with Crippen molar-refractivity contribution in [3.63, 3.8) is 0 Å². The maximum absolute atomic E-state index is 12.5. The van der Waals surface area contributed by atoms with Gasteiger partial charge in [-0.25, -0.2) is 17.2 Å². The molecule has 0 atom stereocenters. The van der Waals surface area contributed by atoms with Crippen LogP contribution in [0.2, 0.25) is 0 Å². The molecule has 0 aliphatic heterocycles. The second kappa shape index (κ2) is 15.1. The van der Waals surface area contributed by atoms with E-state index in [9.17, 15) is 21.8 Å². The molecule has 4 aromatic carbocycles. The smallest absolute Gasteiger partial charge is 0.172 e. The van der Waals surface area contributed by atoms with Gasteiger partial charge in [0.05, 0.1) is 10.9 Å². The highest BCUT2D eigenvalue weighted by molar-refractivity contribution is 7.97. The molecule has 0 amide bonds. The zero-order valence-electron chi connectivity index (χ0n) is 23.2. The molecule has 0 aliphatic carbocycles. The lowest BCUT2D eigenvalue weighted by molar-refractivity contribution is 0.441. The SMILES string of the molecule is CCCc1cc(CCC)c([S+](c2ccccc2)c2ccccc2)c(CCC)c1.O=S(=O)([O-])c1c(F)cccc1F. The Hall–Kier alpha value is -3.00. The van der Waals surface area contributed by atoms with Crippen molar-refractivity contribution in [2.45, 2.75) is 78.9 Å². The first kappa shape index (κ1) is 31.5. The van der Waals surface area contributed by atoms with Gasteiger partial charge in [-0.2, -0.15) is 0 Å². The first-order valence-corrected chi connectivity index (χ1v) is 16.2. The van der Waals surface area contributed by atoms with Crippen molar-refractivity contribution in [2.24, 2.45) is 0 Å². The summed E-state index contributed by atoms with van der Waals surface area (Å²) in [6.07, 6.45) is 7.08. The molecular formula is C33H36F2O3S2. The zero-order chi connectivity index (χ0) is 29.1. The molecule has 4 aromatic rings. The highest BCUT2D eigenvalue weighted by Gasteiger charge is 2.33. The molecule has 0 radical (unpaired) electrons. The summed E-state index contributed by atoms with van der Waals surface area (Å²) in [6.45, 7) is 6.89. The summed E-state index contributed by atoms with van der Waals surface area (Å²) < 4.78 is 55.8. The van der Waals surface area contributed by atoms with Crippen molar-refractivity contribution in [2.75, 3.05) is 0 Å². The van der Waals surface area contributed by atoms with Crippen LogP contribution < -0.4 is 0 Å². The minimum atomic E-state index is -5.06. The second-order valence-corrected chi connectivity index (χ2v) is 12.7. The Morgan fingerprint density at radius 1 is 0.650 bits per heavy atom. The summed E-state index contributed by atoms with van der Waals surface area (Å²) in [5, 5.41) is 0. The molecule has 0 aromatic heterocycles. The third kappa shape index (κ3) is 8.26. The van der Waals surface area contributed by atoms with E-state index < -0.39 is 26.6 Å². The van der Waals surface area contributed by atoms with Crippen LogP contribution in [-0.4, -0.2) is 13.0 Å². The quantitative estimate of drug-likeness (QED) is 0.139. The van der Waals surface area contributed by atoms with Crippen LogP contribution in [0.3, 0.4) is 0 Å². The maximum atomic E-state index is 12.5. The monoisotopic (exact) mass is 582 g/mol. The minimum Gasteiger partial charge on any atom is -0.744 e. The fraction of sp³-hybridized carbons (Fsp3) is 0.273. The summed E-state index contributed by atoms with van der Waals surface area (Å²) in [5.74, 6) is -2.74. The van der Waals surface area contributed by atoms with E-state index in [-0.39, 0.29) is 10.9 Å². The molecule has 0 bridgehead atoms. The van der Waals surface area contributed by atoms with Crippen LogP contribution in [0.25, 0.3) is 0 Å². The van der Waals surface area contributed by atoms with Gasteiger partial charge >= 0.3 is 0 Å². The predicted octanol–water partition coefficient (Wildman–Crippen LogP) is 8.51. The van der Waals surface area contributed by atoms with E-state index in [2.05, 4.69) is 93.6 Å². The van der Waals surface area contributed by atoms with Crippen molar-refractivity contribution >= 4 is 21.0 Å². The Kier molecular flexibility index (Phi) is 11.9. The van der Waals surface area contributed by atoms with Gasteiger partial charge in [-0.05, 0) is 61.2 Å². The topological polar surface area (TPSA) is 57.2 Å². The van der Waals surface area contributed by atoms with E-state index in [4.69, 9.17) is 0 Å². The lowest BCUT2D eigenvalue weighted by Gasteiger charge is -2.17. The minimum absolute atomic E-state index is 0.0529. The highest BCUT2D eigenvalue weighted by atomic mass is 32.2. The van der Waals surface area contributed by atoms with Crippen molar-refractivity contribution in [1.29, 1.82) is 0 Å². The first-order valence-electron chi connectivity index (χ1n) is 13.6. The third-order valence-corrected chi connectivity index (χ3v) is 9.52. The van der Waals surface area contributed by atoms with Crippen LogP contribution in [-0.2, 0) is 40.3 Å². The molecule has 212 valence electrons. The largest absolute Gasteiger partial charge is 0.744 e. The molecule has 0 N–H and O–H groups in total. The van der Waals surface area contributed by atoms with E-state index in [0.717, 1.165) is 18.9 Å². The number of rotatable bonds is 10. The Bertz CT molecular complexity index is 1390. The molecular weight excluding hydrogens is 546 g/mol. The average Bonchev–Trinajstić information content (AvgIpc) is 2.92. The van der Waals surface area contributed by atoms with Gasteiger partial charge in [0, 0.05) is 11.1 Å². The molecule has 3 nitrogen and oxygen atoms in total. The first-order chi connectivity index (χ1) is 19.2. The summed E-state index contributed by atoms with van der Waals surface area (Å²) in [7, 11) is -5.12. The van der Waals surface area contributed by atoms with Crippen LogP contribution in [0.4, 0.5) is 8.78 Å². The Morgan fingerprint density at radius 2 is 1.07 bits per heavy atom. The Balaban J connectivity index is 0.000000307. The molecule has 0 unspecified atom stereocenters. The summed E-state index contributed by atoms with van der Waals surface area (Å²) in [4.78, 5) is 3.00. The fourth-order valence-corrected chi connectivity index (χ4v) is 7.70. The number of benzene rings is 4. The number of hydrogen-bond donors (Lipinski definition) is 0. The van der Waals surface area contributed by atoms with Gasteiger partial charge < -0.3 is 4.55 Å². The lowest BCUT2D eigenvalue weighted by Crippen LogP contribution is -2.12. The maximum Gasteiger partial charge on any atom is 0.172 e. The predicted molar refractivity (Wildman–Crippen MR) is 158 cm³/mol. The van der Waals surface area contributed by atoms with Crippen molar-refractivity contribution < 1.29 is 21.8 Å². The van der Waals surface area contributed by atoms with Crippen molar-refractivity contribution in [3.8, 4) is 0 Å². The molecule has 4 rings (SSSR count). The van der Waals surface area contributed by atoms with Gasteiger partial charge in [0.25, 0.3) is 0 Å². The fourth-order valence-electron chi connectivity index (χ4n) is 4.64. The summed E-state index contributed by atoms with van der Waals surface area (Å²) in [6, 6.07) is 29.6. The summed E-state index contributed by atoms with van der Waals surface area (Å²) >= 11 is 0. The van der Waals surface area contributed by atoms with Crippen molar-refractivity contribution in [1.82, 2.24) is 0 Å². The van der Waals surface area contributed by atoms with Crippen LogP contribution in [0.5, 0.6) is 0 Å². The van der Waals surface area contributed by atoms with E-state index in [1.54, 1.807) is 16.0 Å². The van der Waals surface area contributed by atoms with E-state index in [1.165, 1.54) is 41.0 Å². The van der Waals surface area contributed by atoms with Gasteiger partial charge in [0.1, 0.15) is 26.6 Å². The molecule has 0 saturated heterocycles. The van der Waals surface area contributed by atoms with Gasteiger partial charge in [0.15, 0.2) is 14.7 Å². The molecule has 0 aliphatic rings. The van der Waals surface area contributed by atoms with Gasteiger partial charge in [-0.15, -0.1) is 0 Å². The number of halogens is 2. The van der Waals surface area contributed by atoms with Gasteiger partial charge in [0.2, 0.25) is 0 Å². The standard InChI is InChI=1S/C27H33S.C6H4F2O3S/c1-4-13-22-20-23(14-5-2)27(24(21-22)15-6-3)28(25-16-9-7-10-17-25)26-18-11-8-12-19-26;7-4-2-1-3-5(8)6(4)12(9,10)11/h7-12,16-21H,4-6,13-15H2,1-3H3;1-3H,(H,9,10,11)/q+1;/p-1. The number of hydrogen-bond acceptors (Lipinski definition) is 3. The molecule has 40 heavy (non-hydrogen) atoms. The molecule has 7 heteroatoms. The molecule has 0 spiro atoms. The van der Waals surface area contributed by atoms with Crippen LogP contribution in [0.1, 0.15) is 56.7 Å². The van der Waals surface area contributed by atoms with Crippen LogP contribution >= 0.6 is 0 Å². The highest BCUT2D eigenvalue weighted by Crippen LogP contribution is 2.37. The number of aryl methyl sites for hydroxylation is 3. The Morgan fingerprint density at radius 3 is 1.43 bits per heavy atom. The van der Waals surface area contributed by atoms with Crippen molar-refractivity contribution in [3.05, 3.63) is 119 Å². The van der Waals surface area contributed by atoms with Crippen LogP contribution in [0, 0.1) is 11.6 Å².